The van der Waals surface area contributed by atoms with E-state index in [0.29, 0.717) is 6.42 Å². The predicted octanol–water partition coefficient (Wildman–Crippen LogP) is 2.00. The SMILES string of the molecule is C=CCC[C@@H](C(=O)O)C(=O)OC(C)(C)C. The van der Waals surface area contributed by atoms with E-state index in [9.17, 15) is 9.59 Å². The molecule has 0 spiro atoms. The van der Waals surface area contributed by atoms with E-state index in [1.54, 1.807) is 26.8 Å². The van der Waals surface area contributed by atoms with Gasteiger partial charge in [-0.25, -0.2) is 0 Å². The fourth-order valence-electron chi connectivity index (χ4n) is 1.000. The second-order valence-corrected chi connectivity index (χ2v) is 4.29. The Kier molecular flexibility index (Phi) is 5.05. The first-order valence-electron chi connectivity index (χ1n) is 4.84. The number of hydrogen-bond acceptors (Lipinski definition) is 3. The largest absolute Gasteiger partial charge is 0.481 e. The Bertz CT molecular complexity index is 250. The molecule has 15 heavy (non-hydrogen) atoms. The number of carboxylic acids is 1. The molecule has 0 aromatic heterocycles. The van der Waals surface area contributed by atoms with Crippen LogP contribution in [0.15, 0.2) is 12.7 Å². The number of hydrogen-bond donors (Lipinski definition) is 1. The van der Waals surface area contributed by atoms with Crippen LogP contribution in [0.2, 0.25) is 0 Å². The van der Waals surface area contributed by atoms with E-state index in [-0.39, 0.29) is 6.42 Å². The molecule has 4 nitrogen and oxygen atoms in total. The van der Waals surface area contributed by atoms with Crippen molar-refractivity contribution >= 4 is 11.9 Å². The van der Waals surface area contributed by atoms with Gasteiger partial charge in [-0.3, -0.25) is 9.59 Å². The van der Waals surface area contributed by atoms with Crippen LogP contribution in [-0.4, -0.2) is 22.6 Å². The van der Waals surface area contributed by atoms with Gasteiger partial charge in [0.15, 0.2) is 5.92 Å². The highest BCUT2D eigenvalue weighted by Crippen LogP contribution is 2.15. The van der Waals surface area contributed by atoms with Gasteiger partial charge < -0.3 is 9.84 Å². The number of allylic oxidation sites excluding steroid dienone is 1. The Balaban J connectivity index is 4.42. The first-order valence-corrected chi connectivity index (χ1v) is 4.84. The van der Waals surface area contributed by atoms with Crippen LogP contribution >= 0.6 is 0 Å². The Hall–Kier alpha value is -1.32. The summed E-state index contributed by atoms with van der Waals surface area (Å²) in [5.41, 5.74) is -0.654. The minimum Gasteiger partial charge on any atom is -0.481 e. The lowest BCUT2D eigenvalue weighted by molar-refractivity contribution is -0.167. The summed E-state index contributed by atoms with van der Waals surface area (Å²) in [6.07, 6.45) is 2.30. The summed E-state index contributed by atoms with van der Waals surface area (Å²) < 4.78 is 5.00. The predicted molar refractivity (Wildman–Crippen MR) is 56.4 cm³/mol. The van der Waals surface area contributed by atoms with Gasteiger partial charge >= 0.3 is 11.9 Å². The van der Waals surface area contributed by atoms with E-state index in [1.165, 1.54) is 0 Å². The number of rotatable bonds is 5. The third kappa shape index (κ3) is 5.88. The zero-order valence-corrected chi connectivity index (χ0v) is 9.45. The number of carbonyl (C=O) groups is 2. The molecule has 86 valence electrons. The molecule has 0 unspecified atom stereocenters. The number of carboxylic acid groups (broad SMARTS) is 1. The summed E-state index contributed by atoms with van der Waals surface area (Å²) in [6, 6.07) is 0. The second-order valence-electron chi connectivity index (χ2n) is 4.29. The van der Waals surface area contributed by atoms with Gasteiger partial charge in [0.1, 0.15) is 5.60 Å². The average molecular weight is 214 g/mol. The number of esters is 1. The Morgan fingerprint density at radius 1 is 1.47 bits per heavy atom. The van der Waals surface area contributed by atoms with Crippen LogP contribution in [0.4, 0.5) is 0 Å². The topological polar surface area (TPSA) is 63.6 Å². The molecule has 0 aromatic carbocycles. The third-order valence-electron chi connectivity index (χ3n) is 1.65. The molecule has 0 heterocycles. The van der Waals surface area contributed by atoms with Crippen LogP contribution in [0.3, 0.4) is 0 Å². The maximum absolute atomic E-state index is 11.5. The smallest absolute Gasteiger partial charge is 0.320 e. The normalized spacial score (nSPS) is 13.0. The maximum Gasteiger partial charge on any atom is 0.320 e. The molecule has 0 saturated heterocycles. The minimum atomic E-state index is -1.15. The highest BCUT2D eigenvalue weighted by atomic mass is 16.6. The van der Waals surface area contributed by atoms with E-state index < -0.39 is 23.5 Å². The van der Waals surface area contributed by atoms with Crippen LogP contribution < -0.4 is 0 Å². The van der Waals surface area contributed by atoms with Crippen molar-refractivity contribution in [2.75, 3.05) is 0 Å². The number of aliphatic carboxylic acids is 1. The van der Waals surface area contributed by atoms with Crippen molar-refractivity contribution in [3.63, 3.8) is 0 Å². The zero-order chi connectivity index (χ0) is 12.1. The Labute approximate surface area is 89.9 Å². The molecule has 1 N–H and O–H groups in total. The van der Waals surface area contributed by atoms with Gasteiger partial charge in [0, 0.05) is 0 Å². The van der Waals surface area contributed by atoms with Gasteiger partial charge in [0.25, 0.3) is 0 Å². The van der Waals surface area contributed by atoms with Gasteiger partial charge in [-0.05, 0) is 33.6 Å². The van der Waals surface area contributed by atoms with Crippen LogP contribution in [0.5, 0.6) is 0 Å². The second kappa shape index (κ2) is 5.53. The molecule has 0 aliphatic carbocycles. The van der Waals surface area contributed by atoms with Crippen LogP contribution in [-0.2, 0) is 14.3 Å². The van der Waals surface area contributed by atoms with Crippen LogP contribution in [0.1, 0.15) is 33.6 Å². The minimum absolute atomic E-state index is 0.230. The zero-order valence-electron chi connectivity index (χ0n) is 9.45. The van der Waals surface area contributed by atoms with Crippen molar-refractivity contribution < 1.29 is 19.4 Å². The first kappa shape index (κ1) is 13.7. The molecule has 0 saturated carbocycles. The van der Waals surface area contributed by atoms with Crippen molar-refractivity contribution in [3.8, 4) is 0 Å². The van der Waals surface area contributed by atoms with Gasteiger partial charge in [0.05, 0.1) is 0 Å². The summed E-state index contributed by atoms with van der Waals surface area (Å²) in [5.74, 6) is -2.93. The summed E-state index contributed by atoms with van der Waals surface area (Å²) in [7, 11) is 0. The van der Waals surface area contributed by atoms with E-state index in [0.717, 1.165) is 0 Å². The molecule has 0 amide bonds. The van der Waals surface area contributed by atoms with E-state index in [4.69, 9.17) is 9.84 Å². The lowest BCUT2D eigenvalue weighted by atomic mass is 10.0. The molecule has 0 radical (unpaired) electrons. The molecule has 0 rings (SSSR count). The summed E-state index contributed by atoms with van der Waals surface area (Å²) >= 11 is 0. The van der Waals surface area contributed by atoms with E-state index in [1.807, 2.05) is 0 Å². The summed E-state index contributed by atoms with van der Waals surface area (Å²) in [4.78, 5) is 22.3. The first-order chi connectivity index (χ1) is 6.78. The average Bonchev–Trinajstić information content (AvgIpc) is 2.00. The lowest BCUT2D eigenvalue weighted by Crippen LogP contribution is -2.32. The summed E-state index contributed by atoms with van der Waals surface area (Å²) in [6.45, 7) is 8.60. The quantitative estimate of drug-likeness (QED) is 0.432. The summed E-state index contributed by atoms with van der Waals surface area (Å²) in [5, 5.41) is 8.83. The monoisotopic (exact) mass is 214 g/mol. The Morgan fingerprint density at radius 3 is 2.33 bits per heavy atom. The maximum atomic E-state index is 11.5. The molecular formula is C11H18O4. The molecular weight excluding hydrogens is 196 g/mol. The lowest BCUT2D eigenvalue weighted by Gasteiger charge is -2.22. The van der Waals surface area contributed by atoms with Crippen molar-refractivity contribution in [3.05, 3.63) is 12.7 Å². The highest BCUT2D eigenvalue weighted by molar-refractivity contribution is 5.94. The molecule has 0 fully saturated rings. The third-order valence-corrected chi connectivity index (χ3v) is 1.65. The van der Waals surface area contributed by atoms with Gasteiger partial charge in [0.2, 0.25) is 0 Å². The molecule has 0 aromatic rings. The van der Waals surface area contributed by atoms with Gasteiger partial charge in [-0.15, -0.1) is 6.58 Å². The molecule has 0 bridgehead atoms. The van der Waals surface area contributed by atoms with E-state index >= 15 is 0 Å². The standard InChI is InChI=1S/C11H18O4/c1-5-6-7-8(9(12)13)10(14)15-11(2,3)4/h5,8H,1,6-7H2,2-4H3,(H,12,13)/t8-/m0/s1. The van der Waals surface area contributed by atoms with Crippen molar-refractivity contribution in [1.29, 1.82) is 0 Å². The van der Waals surface area contributed by atoms with Gasteiger partial charge in [-0.2, -0.15) is 0 Å². The fraction of sp³-hybridized carbons (Fsp3) is 0.636. The van der Waals surface area contributed by atoms with Gasteiger partial charge in [-0.1, -0.05) is 6.08 Å². The Morgan fingerprint density at radius 2 is 2.00 bits per heavy atom. The van der Waals surface area contributed by atoms with Crippen LogP contribution in [0, 0.1) is 5.92 Å². The molecule has 0 aliphatic heterocycles. The molecule has 0 aliphatic rings. The van der Waals surface area contributed by atoms with Crippen molar-refractivity contribution in [2.24, 2.45) is 5.92 Å². The fourth-order valence-corrected chi connectivity index (χ4v) is 1.000. The van der Waals surface area contributed by atoms with Crippen molar-refractivity contribution in [1.82, 2.24) is 0 Å². The number of ether oxygens (including phenoxy) is 1. The van der Waals surface area contributed by atoms with Crippen LogP contribution in [0.25, 0.3) is 0 Å². The van der Waals surface area contributed by atoms with Crippen molar-refractivity contribution in [2.45, 2.75) is 39.2 Å². The number of carbonyl (C=O) groups excluding carboxylic acids is 1. The molecule has 4 heteroatoms. The van der Waals surface area contributed by atoms with E-state index in [2.05, 4.69) is 6.58 Å². The highest BCUT2D eigenvalue weighted by Gasteiger charge is 2.30. The molecule has 1 atom stereocenters.